The van der Waals surface area contributed by atoms with Gasteiger partial charge in [-0.2, -0.15) is 5.10 Å². The Bertz CT molecular complexity index is 307. The molecule has 0 saturated carbocycles. The van der Waals surface area contributed by atoms with E-state index in [0.29, 0.717) is 6.04 Å². The van der Waals surface area contributed by atoms with Crippen LogP contribution in [0.5, 0.6) is 0 Å². The maximum Gasteiger partial charge on any atom is 0.0625 e. The van der Waals surface area contributed by atoms with Crippen molar-refractivity contribution in [3.05, 3.63) is 18.0 Å². The lowest BCUT2D eigenvalue weighted by Crippen LogP contribution is -2.20. The van der Waals surface area contributed by atoms with E-state index in [9.17, 15) is 0 Å². The minimum atomic E-state index is -0.321. The van der Waals surface area contributed by atoms with Crippen LogP contribution in [0.2, 0.25) is 0 Å². The van der Waals surface area contributed by atoms with E-state index in [4.69, 9.17) is 15.6 Å². The first kappa shape index (κ1) is 10.6. The SMILES string of the molecule is NC(CO)c1cnn(C2CCOCC2)c1. The van der Waals surface area contributed by atoms with Crippen molar-refractivity contribution < 1.29 is 9.84 Å². The fourth-order valence-corrected chi connectivity index (χ4v) is 1.80. The minimum absolute atomic E-state index is 0.0422. The van der Waals surface area contributed by atoms with Crippen molar-refractivity contribution in [3.8, 4) is 0 Å². The van der Waals surface area contributed by atoms with Crippen molar-refractivity contribution in [3.63, 3.8) is 0 Å². The predicted octanol–water partition coefficient (Wildman–Crippen LogP) is 0.227. The molecule has 1 aromatic heterocycles. The van der Waals surface area contributed by atoms with E-state index in [1.54, 1.807) is 6.20 Å². The van der Waals surface area contributed by atoms with Gasteiger partial charge in [-0.25, -0.2) is 0 Å². The maximum atomic E-state index is 8.93. The van der Waals surface area contributed by atoms with Gasteiger partial charge in [-0.05, 0) is 12.8 Å². The lowest BCUT2D eigenvalue weighted by Gasteiger charge is -2.22. The summed E-state index contributed by atoms with van der Waals surface area (Å²) in [6.07, 6.45) is 5.65. The van der Waals surface area contributed by atoms with Gasteiger partial charge in [0.1, 0.15) is 0 Å². The van der Waals surface area contributed by atoms with Gasteiger partial charge in [-0.1, -0.05) is 0 Å². The second-order valence-corrected chi connectivity index (χ2v) is 3.89. The summed E-state index contributed by atoms with van der Waals surface area (Å²) in [7, 11) is 0. The van der Waals surface area contributed by atoms with E-state index in [1.807, 2.05) is 10.9 Å². The van der Waals surface area contributed by atoms with Gasteiger partial charge in [0.05, 0.1) is 24.9 Å². The molecule has 1 fully saturated rings. The van der Waals surface area contributed by atoms with E-state index in [-0.39, 0.29) is 12.6 Å². The lowest BCUT2D eigenvalue weighted by atomic mass is 10.1. The molecule has 2 heterocycles. The molecule has 15 heavy (non-hydrogen) atoms. The van der Waals surface area contributed by atoms with Gasteiger partial charge in [0.25, 0.3) is 0 Å². The highest BCUT2D eigenvalue weighted by Crippen LogP contribution is 2.21. The number of aliphatic hydroxyl groups excluding tert-OH is 1. The first-order valence-corrected chi connectivity index (χ1v) is 5.29. The Labute approximate surface area is 88.8 Å². The number of aromatic nitrogens is 2. The molecule has 5 heteroatoms. The number of nitrogens with two attached hydrogens (primary N) is 1. The van der Waals surface area contributed by atoms with Crippen LogP contribution in [0.1, 0.15) is 30.5 Å². The number of ether oxygens (including phenoxy) is 1. The zero-order valence-corrected chi connectivity index (χ0v) is 8.67. The largest absolute Gasteiger partial charge is 0.394 e. The van der Waals surface area contributed by atoms with Gasteiger partial charge in [0.15, 0.2) is 0 Å². The Kier molecular flexibility index (Phi) is 3.35. The van der Waals surface area contributed by atoms with Crippen LogP contribution in [-0.2, 0) is 4.74 Å². The maximum absolute atomic E-state index is 8.93. The standard InChI is InChI=1S/C10H17N3O2/c11-10(7-14)8-5-12-13(6-8)9-1-3-15-4-2-9/h5-6,9-10,14H,1-4,7,11H2. The van der Waals surface area contributed by atoms with Gasteiger partial charge >= 0.3 is 0 Å². The van der Waals surface area contributed by atoms with Crippen LogP contribution in [0.3, 0.4) is 0 Å². The number of hydrogen-bond donors (Lipinski definition) is 2. The molecule has 84 valence electrons. The van der Waals surface area contributed by atoms with Crippen molar-refractivity contribution in [2.75, 3.05) is 19.8 Å². The molecular weight excluding hydrogens is 194 g/mol. The summed E-state index contributed by atoms with van der Waals surface area (Å²) >= 11 is 0. The van der Waals surface area contributed by atoms with Crippen molar-refractivity contribution >= 4 is 0 Å². The van der Waals surface area contributed by atoms with E-state index in [1.165, 1.54) is 0 Å². The third kappa shape index (κ3) is 2.37. The lowest BCUT2D eigenvalue weighted by molar-refractivity contribution is 0.0662. The van der Waals surface area contributed by atoms with Gasteiger partial charge in [-0.3, -0.25) is 4.68 Å². The molecule has 1 aliphatic heterocycles. The van der Waals surface area contributed by atoms with Crippen LogP contribution >= 0.6 is 0 Å². The molecule has 0 aromatic carbocycles. The number of nitrogens with zero attached hydrogens (tertiary/aromatic N) is 2. The topological polar surface area (TPSA) is 73.3 Å². The zero-order chi connectivity index (χ0) is 10.7. The Morgan fingerprint density at radius 3 is 3.00 bits per heavy atom. The third-order valence-electron chi connectivity index (χ3n) is 2.81. The normalized spacial score (nSPS) is 20.4. The fourth-order valence-electron chi connectivity index (χ4n) is 1.80. The zero-order valence-electron chi connectivity index (χ0n) is 8.67. The summed E-state index contributed by atoms with van der Waals surface area (Å²) in [5, 5.41) is 13.2. The van der Waals surface area contributed by atoms with Crippen LogP contribution in [0.25, 0.3) is 0 Å². The van der Waals surface area contributed by atoms with E-state index < -0.39 is 0 Å². The molecule has 0 radical (unpaired) electrons. The molecule has 1 saturated heterocycles. The minimum Gasteiger partial charge on any atom is -0.394 e. The molecule has 1 unspecified atom stereocenters. The fraction of sp³-hybridized carbons (Fsp3) is 0.700. The monoisotopic (exact) mass is 211 g/mol. The number of aliphatic hydroxyl groups is 1. The summed E-state index contributed by atoms with van der Waals surface area (Å²) in [6, 6.07) is 0.0944. The smallest absolute Gasteiger partial charge is 0.0625 e. The van der Waals surface area contributed by atoms with Gasteiger partial charge < -0.3 is 15.6 Å². The van der Waals surface area contributed by atoms with Gasteiger partial charge in [0.2, 0.25) is 0 Å². The first-order chi connectivity index (χ1) is 7.31. The summed E-state index contributed by atoms with van der Waals surface area (Å²) in [6.45, 7) is 1.55. The third-order valence-corrected chi connectivity index (χ3v) is 2.81. The highest BCUT2D eigenvalue weighted by Gasteiger charge is 2.17. The summed E-state index contributed by atoms with van der Waals surface area (Å²) in [4.78, 5) is 0. The van der Waals surface area contributed by atoms with Crippen LogP contribution in [-0.4, -0.2) is 34.7 Å². The molecule has 3 N–H and O–H groups in total. The average molecular weight is 211 g/mol. The molecule has 2 rings (SSSR count). The Morgan fingerprint density at radius 1 is 1.60 bits per heavy atom. The van der Waals surface area contributed by atoms with Crippen LogP contribution < -0.4 is 5.73 Å². The van der Waals surface area contributed by atoms with Gasteiger partial charge in [0, 0.05) is 25.0 Å². The molecule has 0 amide bonds. The average Bonchev–Trinajstić information content (AvgIpc) is 2.78. The second kappa shape index (κ2) is 4.74. The van der Waals surface area contributed by atoms with Crippen LogP contribution in [0.4, 0.5) is 0 Å². The summed E-state index contributed by atoms with van der Waals surface area (Å²) < 4.78 is 7.23. The Hall–Kier alpha value is -0.910. The molecule has 1 aromatic rings. The molecule has 1 aliphatic rings. The highest BCUT2D eigenvalue weighted by molar-refractivity contribution is 5.10. The van der Waals surface area contributed by atoms with Crippen molar-refractivity contribution in [2.45, 2.75) is 24.9 Å². The van der Waals surface area contributed by atoms with Crippen molar-refractivity contribution in [2.24, 2.45) is 5.73 Å². The quantitative estimate of drug-likeness (QED) is 0.750. The van der Waals surface area contributed by atoms with Crippen molar-refractivity contribution in [1.29, 1.82) is 0 Å². The van der Waals surface area contributed by atoms with Crippen LogP contribution in [0, 0.1) is 0 Å². The molecule has 0 aliphatic carbocycles. The van der Waals surface area contributed by atoms with Crippen molar-refractivity contribution in [1.82, 2.24) is 9.78 Å². The summed E-state index contributed by atoms with van der Waals surface area (Å²) in [5.74, 6) is 0. The van der Waals surface area contributed by atoms with E-state index in [0.717, 1.165) is 31.6 Å². The number of rotatable bonds is 3. The van der Waals surface area contributed by atoms with Crippen LogP contribution in [0.15, 0.2) is 12.4 Å². The number of hydrogen-bond acceptors (Lipinski definition) is 4. The molecule has 5 nitrogen and oxygen atoms in total. The molecular formula is C10H17N3O2. The molecule has 0 bridgehead atoms. The molecule has 0 spiro atoms. The Balaban J connectivity index is 2.05. The van der Waals surface area contributed by atoms with Gasteiger partial charge in [-0.15, -0.1) is 0 Å². The second-order valence-electron chi connectivity index (χ2n) is 3.89. The predicted molar refractivity (Wildman–Crippen MR) is 55.3 cm³/mol. The van der Waals surface area contributed by atoms with E-state index in [2.05, 4.69) is 5.10 Å². The first-order valence-electron chi connectivity index (χ1n) is 5.29. The highest BCUT2D eigenvalue weighted by atomic mass is 16.5. The summed E-state index contributed by atoms with van der Waals surface area (Å²) in [5.41, 5.74) is 6.60. The van der Waals surface area contributed by atoms with E-state index >= 15 is 0 Å². The Morgan fingerprint density at radius 2 is 2.33 bits per heavy atom. The molecule has 1 atom stereocenters.